The molecule has 0 atom stereocenters. The highest BCUT2D eigenvalue weighted by molar-refractivity contribution is 6.27. The van der Waals surface area contributed by atoms with Gasteiger partial charge in [0.05, 0.1) is 0 Å². The largest absolute Gasteiger partial charge is 0.456 e. The molecule has 133 heavy (non-hydrogen) atoms. The molecule has 0 amide bonds. The van der Waals surface area contributed by atoms with E-state index in [1.807, 2.05) is 0 Å². The molecule has 0 saturated heterocycles. The van der Waals surface area contributed by atoms with Gasteiger partial charge in [0.25, 0.3) is 0 Å². The lowest BCUT2D eigenvalue weighted by atomic mass is 9.85. The van der Waals surface area contributed by atoms with Gasteiger partial charge in [-0.15, -0.1) is 0 Å². The molecule has 0 spiro atoms. The fourth-order valence-corrected chi connectivity index (χ4v) is 21.6. The van der Waals surface area contributed by atoms with Gasteiger partial charge in [0.2, 0.25) is 0 Å². The Kier molecular flexibility index (Phi) is 18.3. The van der Waals surface area contributed by atoms with Crippen LogP contribution in [0.1, 0.15) is 0 Å². The molecule has 3 heteroatoms. The van der Waals surface area contributed by atoms with Gasteiger partial charge in [-0.1, -0.05) is 425 Å². The Balaban J connectivity index is 0.000000104. The summed E-state index contributed by atoms with van der Waals surface area (Å²) < 4.78 is 19.3. The molecule has 28 aromatic rings. The molecule has 28 rings (SSSR count). The van der Waals surface area contributed by atoms with Gasteiger partial charge >= 0.3 is 0 Å². The first-order valence-corrected chi connectivity index (χ1v) is 45.7. The summed E-state index contributed by atoms with van der Waals surface area (Å²) in [7, 11) is 0. The van der Waals surface area contributed by atoms with Crippen molar-refractivity contribution in [2.24, 2.45) is 0 Å². The Morgan fingerprint density at radius 3 is 0.902 bits per heavy atom. The van der Waals surface area contributed by atoms with Crippen molar-refractivity contribution in [3.05, 3.63) is 485 Å². The van der Waals surface area contributed by atoms with Crippen LogP contribution in [0.5, 0.6) is 0 Å². The van der Waals surface area contributed by atoms with E-state index < -0.39 is 0 Å². The summed E-state index contributed by atoms with van der Waals surface area (Å²) in [6.45, 7) is 0. The third-order valence-corrected chi connectivity index (χ3v) is 27.5. The maximum Gasteiger partial charge on any atom is 0.143 e. The van der Waals surface area contributed by atoms with Gasteiger partial charge in [-0.3, -0.25) is 0 Å². The molecule has 0 fully saturated rings. The first-order valence-electron chi connectivity index (χ1n) is 45.7. The molecule has 0 aliphatic rings. The summed E-state index contributed by atoms with van der Waals surface area (Å²) in [6, 6.07) is 175. The van der Waals surface area contributed by atoms with Gasteiger partial charge in [-0.2, -0.15) is 0 Å². The second-order valence-electron chi connectivity index (χ2n) is 34.9. The molecule has 3 nitrogen and oxygen atoms in total. The summed E-state index contributed by atoms with van der Waals surface area (Å²) in [5.41, 5.74) is 27.5. The molecule has 0 aliphatic heterocycles. The van der Waals surface area contributed by atoms with Gasteiger partial charge in [-0.05, 0) is 263 Å². The van der Waals surface area contributed by atoms with Gasteiger partial charge in [0.1, 0.15) is 33.5 Å². The van der Waals surface area contributed by atoms with Crippen molar-refractivity contribution in [1.29, 1.82) is 0 Å². The minimum atomic E-state index is 0.913. The lowest BCUT2D eigenvalue weighted by Gasteiger charge is -2.18. The van der Waals surface area contributed by atoms with Crippen LogP contribution in [-0.2, 0) is 0 Å². The molecule has 0 N–H and O–H groups in total. The van der Waals surface area contributed by atoms with Crippen LogP contribution < -0.4 is 0 Å². The van der Waals surface area contributed by atoms with Crippen LogP contribution in [0.2, 0.25) is 0 Å². The molecular weight excluding hydrogens is 1610 g/mol. The standard InChI is InChI=1S/C46H28O.2C42H26O/c1-2-11-33-27-35(22-19-29(33)9-1)45-39-15-7-5-13-37(39)44(38-14-6-8-16-40(38)45)32-20-17-30(18-21-32)34-24-25-42-41(28-34)46-36-12-4-3-10-31(36)23-26-43(46)47-42;1-2-13-28(14-3-1)39-33-18-6-8-20-35(33)40(36-21-9-7-19-34(36)39)30-16-10-15-29(26-30)32-22-11-23-37-41-31-17-5-4-12-27(31)24-25-38(41)43-42(32)37;1-2-12-27(13-3-1)40-33-18-6-8-20-35(33)41(36-21-9-7-19-34(36)40)31-17-10-16-30(24-31)32-22-11-23-38-42(32)37-25-28-14-4-5-15-29(28)26-39(37)43-38/h1-28H;2*1-26H. The van der Waals surface area contributed by atoms with Crippen LogP contribution in [0, 0.1) is 0 Å². The van der Waals surface area contributed by atoms with Crippen molar-refractivity contribution in [1.82, 2.24) is 0 Å². The van der Waals surface area contributed by atoms with Crippen molar-refractivity contribution in [3.8, 4) is 100 Å². The van der Waals surface area contributed by atoms with Crippen LogP contribution in [0.4, 0.5) is 0 Å². The molecule has 0 unspecified atom stereocenters. The fourth-order valence-electron chi connectivity index (χ4n) is 21.6. The highest BCUT2D eigenvalue weighted by Crippen LogP contribution is 2.51. The molecule has 0 bridgehead atoms. The summed E-state index contributed by atoms with van der Waals surface area (Å²) in [5, 5.41) is 32.0. The maximum absolute atomic E-state index is 6.60. The third kappa shape index (κ3) is 13.0. The average molecular weight is 1690 g/mol. The van der Waals surface area contributed by atoms with E-state index in [1.165, 1.54) is 208 Å². The first-order chi connectivity index (χ1) is 66.0. The predicted octanol–water partition coefficient (Wildman–Crippen LogP) is 37.3. The quantitative estimate of drug-likeness (QED) is 0.135. The van der Waals surface area contributed by atoms with Crippen molar-refractivity contribution in [2.75, 3.05) is 0 Å². The lowest BCUT2D eigenvalue weighted by Crippen LogP contribution is -1.91. The number of fused-ring (bicyclic) bond motifs is 21. The topological polar surface area (TPSA) is 39.4 Å². The van der Waals surface area contributed by atoms with Gasteiger partial charge in [-0.25, -0.2) is 0 Å². The second-order valence-corrected chi connectivity index (χ2v) is 34.9. The van der Waals surface area contributed by atoms with Crippen molar-refractivity contribution < 1.29 is 13.3 Å². The second kappa shape index (κ2) is 31.8. The van der Waals surface area contributed by atoms with Crippen molar-refractivity contribution in [2.45, 2.75) is 0 Å². The van der Waals surface area contributed by atoms with E-state index in [4.69, 9.17) is 13.3 Å². The Morgan fingerprint density at radius 2 is 0.406 bits per heavy atom. The van der Waals surface area contributed by atoms with Crippen LogP contribution in [0.3, 0.4) is 0 Å². The van der Waals surface area contributed by atoms with Crippen molar-refractivity contribution in [3.63, 3.8) is 0 Å². The molecular formula is C130H80O3. The average Bonchev–Trinajstić information content (AvgIpc) is 1.46. The highest BCUT2D eigenvalue weighted by Gasteiger charge is 2.25. The normalized spacial score (nSPS) is 11.8. The van der Waals surface area contributed by atoms with Gasteiger partial charge in [0.15, 0.2) is 0 Å². The van der Waals surface area contributed by atoms with Gasteiger partial charge in [0, 0.05) is 37.9 Å². The summed E-state index contributed by atoms with van der Waals surface area (Å²) in [5.74, 6) is 0. The smallest absolute Gasteiger partial charge is 0.143 e. The molecule has 3 aromatic heterocycles. The zero-order chi connectivity index (χ0) is 87.6. The lowest BCUT2D eigenvalue weighted by molar-refractivity contribution is 0.669. The zero-order valence-corrected chi connectivity index (χ0v) is 72.4. The monoisotopic (exact) mass is 1690 g/mol. The summed E-state index contributed by atoms with van der Waals surface area (Å²) in [6.07, 6.45) is 0. The first kappa shape index (κ1) is 76.7. The van der Waals surface area contributed by atoms with E-state index in [2.05, 4.69) is 485 Å². The van der Waals surface area contributed by atoms with Crippen LogP contribution in [0.25, 0.3) is 274 Å². The van der Waals surface area contributed by atoms with E-state index in [0.29, 0.717) is 0 Å². The number of rotatable bonds is 9. The highest BCUT2D eigenvalue weighted by atomic mass is 16.3. The molecule has 25 aromatic carbocycles. The fraction of sp³-hybridized carbons (Fsp3) is 0. The molecule has 0 saturated carbocycles. The molecule has 0 aliphatic carbocycles. The van der Waals surface area contributed by atoms with Crippen molar-refractivity contribution >= 4 is 174 Å². The van der Waals surface area contributed by atoms with E-state index in [1.54, 1.807) is 0 Å². The van der Waals surface area contributed by atoms with Gasteiger partial charge < -0.3 is 13.3 Å². The third-order valence-electron chi connectivity index (χ3n) is 27.5. The van der Waals surface area contributed by atoms with E-state index >= 15 is 0 Å². The summed E-state index contributed by atoms with van der Waals surface area (Å²) in [4.78, 5) is 0. The minimum absolute atomic E-state index is 0.913. The number of para-hydroxylation sites is 1. The number of hydrogen-bond donors (Lipinski definition) is 0. The molecule has 3 heterocycles. The maximum atomic E-state index is 6.60. The van der Waals surface area contributed by atoms with E-state index in [0.717, 1.165) is 66.2 Å². The Labute approximate surface area is 766 Å². The Hall–Kier alpha value is -17.5. The molecule has 618 valence electrons. The van der Waals surface area contributed by atoms with Crippen LogP contribution in [-0.4, -0.2) is 0 Å². The number of furan rings is 3. The Morgan fingerprint density at radius 1 is 0.113 bits per heavy atom. The van der Waals surface area contributed by atoms with E-state index in [-0.39, 0.29) is 0 Å². The molecule has 0 radical (unpaired) electrons. The SMILES string of the molecule is c1ccc(-c2c3ccccc3c(-c3cccc(-c4cccc5c4oc4ccc6ccccc6c45)c3)c3ccccc23)cc1.c1ccc(-c2c3ccccc3c(-c3cccc(-c4cccc5oc6cc7ccccc7cc6c45)c3)c3ccccc23)cc1.c1ccc2cc(-c3c4ccccc4c(-c4ccc(-c5ccc6oc7ccc8ccccc8c7c6c5)cc4)c4ccccc34)ccc2c1. The number of hydrogen-bond acceptors (Lipinski definition) is 3. The zero-order valence-electron chi connectivity index (χ0n) is 72.4. The van der Waals surface area contributed by atoms with Crippen LogP contribution in [0.15, 0.2) is 499 Å². The number of benzene rings is 25. The Bertz CT molecular complexity index is 9410. The predicted molar refractivity (Wildman–Crippen MR) is 565 cm³/mol. The van der Waals surface area contributed by atoms with E-state index in [9.17, 15) is 0 Å². The summed E-state index contributed by atoms with van der Waals surface area (Å²) >= 11 is 0. The van der Waals surface area contributed by atoms with Crippen LogP contribution >= 0.6 is 0 Å². The minimum Gasteiger partial charge on any atom is -0.456 e.